The Kier molecular flexibility index (Phi) is 7.51. The zero-order valence-electron chi connectivity index (χ0n) is 21.5. The molecule has 4 aliphatic heterocycles. The van der Waals surface area contributed by atoms with E-state index in [4.69, 9.17) is 4.74 Å². The highest BCUT2D eigenvalue weighted by molar-refractivity contribution is 5.76. The van der Waals surface area contributed by atoms with Crippen molar-refractivity contribution in [3.8, 4) is 5.75 Å². The SMILES string of the molecule is COc1ccc(N2CCN(C(=O)CCC[C@@H]3[C@H]4CCCN5CCC[C@@H](CN3C(C)=O)[C@@H]45)CC2)cc1. The average Bonchev–Trinajstić information content (AvgIpc) is 2.90. The Bertz CT molecular complexity index is 881. The maximum absolute atomic E-state index is 13.0. The van der Waals surface area contributed by atoms with Crippen LogP contribution in [0, 0.1) is 11.8 Å². The molecular weight excluding hydrogens is 440 g/mol. The summed E-state index contributed by atoms with van der Waals surface area (Å²) < 4.78 is 5.26. The smallest absolute Gasteiger partial charge is 0.222 e. The van der Waals surface area contributed by atoms with Gasteiger partial charge in [0.1, 0.15) is 5.75 Å². The van der Waals surface area contributed by atoms with E-state index in [0.29, 0.717) is 30.3 Å². The molecule has 1 aromatic rings. The van der Waals surface area contributed by atoms with Gasteiger partial charge in [0.2, 0.25) is 11.8 Å². The number of piperazine rings is 1. The second-order valence-electron chi connectivity index (χ2n) is 10.9. The number of anilines is 1. The van der Waals surface area contributed by atoms with Gasteiger partial charge < -0.3 is 19.4 Å². The van der Waals surface area contributed by atoms with Crippen LogP contribution in [-0.2, 0) is 9.59 Å². The number of likely N-dealkylation sites (tertiary alicyclic amines) is 1. The summed E-state index contributed by atoms with van der Waals surface area (Å²) in [5.41, 5.74) is 1.18. The van der Waals surface area contributed by atoms with E-state index in [0.717, 1.165) is 51.3 Å². The third kappa shape index (κ3) is 5.16. The summed E-state index contributed by atoms with van der Waals surface area (Å²) in [7, 11) is 1.68. The molecule has 192 valence electrons. The monoisotopic (exact) mass is 482 g/mol. The molecule has 7 heteroatoms. The lowest BCUT2D eigenvalue weighted by Crippen LogP contribution is -2.65. The Morgan fingerprint density at radius 2 is 1.69 bits per heavy atom. The van der Waals surface area contributed by atoms with Gasteiger partial charge in [-0.3, -0.25) is 14.5 Å². The molecule has 1 aromatic carbocycles. The van der Waals surface area contributed by atoms with Crippen molar-refractivity contribution in [1.82, 2.24) is 14.7 Å². The first-order valence-corrected chi connectivity index (χ1v) is 13.7. The molecule has 0 unspecified atom stereocenters. The number of hydrogen-bond donors (Lipinski definition) is 0. The van der Waals surface area contributed by atoms with Gasteiger partial charge in [-0.25, -0.2) is 0 Å². The summed E-state index contributed by atoms with van der Waals surface area (Å²) in [6.45, 7) is 8.38. The largest absolute Gasteiger partial charge is 0.497 e. The first-order chi connectivity index (χ1) is 17.0. The topological polar surface area (TPSA) is 56.3 Å². The van der Waals surface area contributed by atoms with Gasteiger partial charge in [-0.05, 0) is 87.7 Å². The van der Waals surface area contributed by atoms with Gasteiger partial charge in [0.05, 0.1) is 7.11 Å². The van der Waals surface area contributed by atoms with E-state index in [9.17, 15) is 9.59 Å². The molecular formula is C28H42N4O3. The van der Waals surface area contributed by atoms with Crippen molar-refractivity contribution in [3.05, 3.63) is 24.3 Å². The molecule has 0 radical (unpaired) electrons. The number of hydrogen-bond acceptors (Lipinski definition) is 5. The fraction of sp³-hybridized carbons (Fsp3) is 0.714. The molecule has 4 aliphatic rings. The molecule has 0 bridgehead atoms. The minimum Gasteiger partial charge on any atom is -0.497 e. The Hall–Kier alpha value is -2.28. The molecule has 0 saturated carbocycles. The second kappa shape index (κ2) is 10.8. The molecule has 0 aliphatic carbocycles. The van der Waals surface area contributed by atoms with Crippen LogP contribution < -0.4 is 9.64 Å². The standard InChI is InChI=1S/C28H42N4O3/c1-21(33)32-20-22-6-4-14-31-15-5-7-25(28(22)31)26(32)8-3-9-27(34)30-18-16-29(17-19-30)23-10-12-24(35-2)13-11-23/h10-13,22,25-26,28H,3-9,14-20H2,1-2H3/t22-,25+,26+,28-/m0/s1. The van der Waals surface area contributed by atoms with Crippen LogP contribution in [0.1, 0.15) is 51.9 Å². The number of rotatable bonds is 6. The summed E-state index contributed by atoms with van der Waals surface area (Å²) in [6, 6.07) is 9.11. The van der Waals surface area contributed by atoms with Crippen LogP contribution >= 0.6 is 0 Å². The molecule has 2 amide bonds. The van der Waals surface area contributed by atoms with E-state index in [-0.39, 0.29) is 11.8 Å². The maximum atomic E-state index is 13.0. The van der Waals surface area contributed by atoms with Gasteiger partial charge in [0.25, 0.3) is 0 Å². The van der Waals surface area contributed by atoms with E-state index >= 15 is 0 Å². The number of benzene rings is 1. The molecule has 4 fully saturated rings. The lowest BCUT2D eigenvalue weighted by Gasteiger charge is -2.57. The number of carbonyl (C=O) groups excluding carboxylic acids is 2. The number of ether oxygens (including phenoxy) is 1. The lowest BCUT2D eigenvalue weighted by molar-refractivity contribution is -0.144. The van der Waals surface area contributed by atoms with Gasteiger partial charge in [0, 0.05) is 63.8 Å². The number of carbonyl (C=O) groups is 2. The van der Waals surface area contributed by atoms with Crippen LogP contribution in [0.2, 0.25) is 0 Å². The summed E-state index contributed by atoms with van der Waals surface area (Å²) >= 11 is 0. The van der Waals surface area contributed by atoms with Crippen molar-refractivity contribution >= 4 is 17.5 Å². The van der Waals surface area contributed by atoms with Crippen molar-refractivity contribution in [2.24, 2.45) is 11.8 Å². The van der Waals surface area contributed by atoms with E-state index in [2.05, 4.69) is 26.8 Å². The van der Waals surface area contributed by atoms with Crippen LogP contribution in [-0.4, -0.2) is 91.5 Å². The number of methoxy groups -OCH3 is 1. The zero-order valence-corrected chi connectivity index (χ0v) is 21.5. The maximum Gasteiger partial charge on any atom is 0.222 e. The Morgan fingerprint density at radius 1 is 0.971 bits per heavy atom. The summed E-state index contributed by atoms with van der Waals surface area (Å²) in [6.07, 6.45) is 7.43. The zero-order chi connectivity index (χ0) is 24.4. The van der Waals surface area contributed by atoms with Crippen LogP contribution in [0.25, 0.3) is 0 Å². The fourth-order valence-electron chi connectivity index (χ4n) is 7.35. The van der Waals surface area contributed by atoms with E-state index in [1.165, 1.54) is 44.5 Å². The number of piperidine rings is 3. The van der Waals surface area contributed by atoms with Crippen LogP contribution in [0.3, 0.4) is 0 Å². The normalized spacial score (nSPS) is 29.0. The fourth-order valence-corrected chi connectivity index (χ4v) is 7.35. The van der Waals surface area contributed by atoms with Crippen molar-refractivity contribution in [2.45, 2.75) is 64.0 Å². The molecule has 0 N–H and O–H groups in total. The van der Waals surface area contributed by atoms with Crippen LogP contribution in [0.4, 0.5) is 5.69 Å². The van der Waals surface area contributed by atoms with Crippen molar-refractivity contribution in [2.75, 3.05) is 57.8 Å². The Morgan fingerprint density at radius 3 is 2.37 bits per heavy atom. The summed E-state index contributed by atoms with van der Waals surface area (Å²) in [5.74, 6) is 2.57. The van der Waals surface area contributed by atoms with Gasteiger partial charge >= 0.3 is 0 Å². The van der Waals surface area contributed by atoms with Gasteiger partial charge in [0.15, 0.2) is 0 Å². The highest BCUT2D eigenvalue weighted by atomic mass is 16.5. The molecule has 7 nitrogen and oxygen atoms in total. The molecule has 5 rings (SSSR count). The Balaban J connectivity index is 1.13. The minimum absolute atomic E-state index is 0.220. The van der Waals surface area contributed by atoms with Crippen LogP contribution in [0.5, 0.6) is 5.75 Å². The number of amides is 2. The predicted molar refractivity (Wildman–Crippen MR) is 138 cm³/mol. The van der Waals surface area contributed by atoms with Crippen LogP contribution in [0.15, 0.2) is 24.3 Å². The molecule has 35 heavy (non-hydrogen) atoms. The second-order valence-corrected chi connectivity index (χ2v) is 10.9. The molecule has 0 aromatic heterocycles. The molecule has 0 spiro atoms. The Labute approximate surface area is 210 Å². The van der Waals surface area contributed by atoms with Crippen molar-refractivity contribution < 1.29 is 14.3 Å². The van der Waals surface area contributed by atoms with E-state index in [1.807, 2.05) is 17.0 Å². The third-order valence-corrected chi connectivity index (χ3v) is 9.04. The third-order valence-electron chi connectivity index (χ3n) is 9.04. The van der Waals surface area contributed by atoms with Gasteiger partial charge in [-0.15, -0.1) is 0 Å². The quantitative estimate of drug-likeness (QED) is 0.623. The van der Waals surface area contributed by atoms with E-state index < -0.39 is 0 Å². The molecule has 4 saturated heterocycles. The average molecular weight is 483 g/mol. The van der Waals surface area contributed by atoms with Gasteiger partial charge in [-0.2, -0.15) is 0 Å². The summed E-state index contributed by atoms with van der Waals surface area (Å²) in [5, 5.41) is 0. The van der Waals surface area contributed by atoms with Crippen molar-refractivity contribution in [3.63, 3.8) is 0 Å². The van der Waals surface area contributed by atoms with Crippen molar-refractivity contribution in [1.29, 1.82) is 0 Å². The molecule has 4 heterocycles. The molecule has 4 atom stereocenters. The first kappa shape index (κ1) is 24.4. The minimum atomic E-state index is 0.220. The first-order valence-electron chi connectivity index (χ1n) is 13.7. The highest BCUT2D eigenvalue weighted by Gasteiger charge is 2.48. The predicted octanol–water partition coefficient (Wildman–Crippen LogP) is 3.24. The summed E-state index contributed by atoms with van der Waals surface area (Å²) in [4.78, 5) is 34.9. The van der Waals surface area contributed by atoms with E-state index in [1.54, 1.807) is 14.0 Å². The van der Waals surface area contributed by atoms with Gasteiger partial charge in [-0.1, -0.05) is 0 Å². The lowest BCUT2D eigenvalue weighted by atomic mass is 9.69. The number of nitrogens with zero attached hydrogens (tertiary/aromatic N) is 4. The highest BCUT2D eigenvalue weighted by Crippen LogP contribution is 2.43.